The molecule has 0 radical (unpaired) electrons. The Hall–Kier alpha value is -5.52. The monoisotopic (exact) mass is 853 g/mol. The van der Waals surface area contributed by atoms with Crippen LogP contribution in [-0.4, -0.2) is 78.4 Å². The molecule has 2 bridgehead atoms. The molecule has 3 heterocycles. The van der Waals surface area contributed by atoms with Crippen molar-refractivity contribution in [3.8, 4) is 11.6 Å². The molecule has 4 fully saturated rings. The van der Waals surface area contributed by atoms with E-state index >= 15 is 0 Å². The molecule has 17 heteroatoms. The first-order chi connectivity index (χ1) is 29.0. The number of anilines is 1. The van der Waals surface area contributed by atoms with Gasteiger partial charge in [-0.1, -0.05) is 56.3 Å². The number of pyridine rings is 1. The lowest BCUT2D eigenvalue weighted by atomic mass is 9.43. The summed E-state index contributed by atoms with van der Waals surface area (Å²) >= 11 is 1.06. The van der Waals surface area contributed by atoms with E-state index in [1.165, 1.54) is 32.5 Å². The molecule has 322 valence electrons. The molecule has 1 saturated heterocycles. The zero-order valence-electron chi connectivity index (χ0n) is 35.6. The van der Waals surface area contributed by atoms with Gasteiger partial charge in [-0.05, 0) is 87.5 Å². The number of esters is 1. The molecule has 4 aliphatic rings. The highest BCUT2D eigenvalue weighted by atomic mass is 32.1. The molecule has 6 atom stereocenters. The van der Waals surface area contributed by atoms with Crippen LogP contribution in [0.25, 0.3) is 0 Å². The van der Waals surface area contributed by atoms with Crippen LogP contribution in [0, 0.1) is 17.3 Å². The third-order valence-electron chi connectivity index (χ3n) is 12.0. The average molecular weight is 854 g/mol. The van der Waals surface area contributed by atoms with Gasteiger partial charge in [0.25, 0.3) is 5.91 Å². The van der Waals surface area contributed by atoms with Gasteiger partial charge in [0, 0.05) is 23.2 Å². The van der Waals surface area contributed by atoms with Gasteiger partial charge in [0.2, 0.25) is 11.8 Å². The zero-order valence-corrected chi connectivity index (χ0v) is 36.4. The van der Waals surface area contributed by atoms with Crippen molar-refractivity contribution in [1.82, 2.24) is 20.6 Å². The molecule has 3 aliphatic carbocycles. The van der Waals surface area contributed by atoms with Crippen LogP contribution in [-0.2, 0) is 36.6 Å². The van der Waals surface area contributed by atoms with E-state index in [-0.39, 0.29) is 64.0 Å². The minimum Gasteiger partial charge on any atom is -0.496 e. The first-order valence-electron chi connectivity index (χ1n) is 20.3. The Morgan fingerprint density at radius 3 is 2.46 bits per heavy atom. The van der Waals surface area contributed by atoms with E-state index in [4.69, 9.17) is 28.3 Å². The summed E-state index contributed by atoms with van der Waals surface area (Å²) in [7, 11) is 1.98. The SMILES string of the molecule is COc1cc(C(=O)NC(C(=O)NC(Cc2cccc(C(=O)OC(C)(C)C)c2OC)B2OC3C[C@H]4C[C@@H](C4(C)C)[C@]3(C)O2)c2csc(NC(=O)OCc3ccccc3)n2)ccn1. The van der Waals surface area contributed by atoms with Crippen molar-refractivity contribution in [3.63, 3.8) is 0 Å². The number of nitrogens with zero attached hydrogens (tertiary/aromatic N) is 2. The minimum absolute atomic E-state index is 0.0400. The van der Waals surface area contributed by atoms with Crippen LogP contribution in [0.5, 0.6) is 11.6 Å². The topological polar surface area (TPSA) is 186 Å². The van der Waals surface area contributed by atoms with Gasteiger partial charge in [-0.25, -0.2) is 19.6 Å². The van der Waals surface area contributed by atoms with Gasteiger partial charge in [-0.3, -0.25) is 14.9 Å². The van der Waals surface area contributed by atoms with Gasteiger partial charge in [-0.2, -0.15) is 0 Å². The van der Waals surface area contributed by atoms with Crippen molar-refractivity contribution in [3.05, 3.63) is 100 Å². The highest BCUT2D eigenvalue weighted by molar-refractivity contribution is 7.13. The summed E-state index contributed by atoms with van der Waals surface area (Å²) in [5.41, 5.74) is 0.631. The Morgan fingerprint density at radius 1 is 0.984 bits per heavy atom. The number of carbonyl (C=O) groups excluding carboxylic acids is 4. The van der Waals surface area contributed by atoms with E-state index in [0.717, 1.165) is 29.7 Å². The number of nitrogens with one attached hydrogen (secondary N) is 3. The number of thiazole rings is 1. The number of amides is 3. The number of methoxy groups -OCH3 is 2. The maximum atomic E-state index is 14.8. The summed E-state index contributed by atoms with van der Waals surface area (Å²) in [6.45, 7) is 12.0. The van der Waals surface area contributed by atoms with Crippen LogP contribution in [0.2, 0.25) is 0 Å². The number of carbonyl (C=O) groups is 4. The fourth-order valence-electron chi connectivity index (χ4n) is 8.74. The van der Waals surface area contributed by atoms with Crippen molar-refractivity contribution in [2.75, 3.05) is 19.5 Å². The van der Waals surface area contributed by atoms with Crippen LogP contribution in [0.1, 0.15) is 98.0 Å². The van der Waals surface area contributed by atoms with Crippen LogP contribution < -0.4 is 25.4 Å². The van der Waals surface area contributed by atoms with Crippen LogP contribution in [0.3, 0.4) is 0 Å². The Labute approximate surface area is 359 Å². The second-order valence-electron chi connectivity index (χ2n) is 17.4. The number of ether oxygens (including phenoxy) is 4. The molecule has 2 aromatic heterocycles. The number of hydrogen-bond acceptors (Lipinski definition) is 13. The van der Waals surface area contributed by atoms with E-state index in [9.17, 15) is 19.2 Å². The molecule has 3 amide bonds. The standard InChI is InChI=1S/C44H52BN5O10S/c1-42(2,3)58-39(53)29-16-12-15-26(36(29)56-8)19-33(45-59-32-22-28-21-31(43(28,4)5)44(32,6)60-45)48-38(52)35(49-37(51)27-17-18-46-34(20-27)55-7)30-24-61-40(47-30)50-41(54)57-23-25-13-10-9-11-14-25/h9-18,20,24,28,31-33,35H,19,21-23H2,1-8H3,(H,48,52)(H,49,51)(H,47,50,54)/t28-,31+,32?,33?,35?,44+/m1/s1. The van der Waals surface area contributed by atoms with Crippen molar-refractivity contribution in [1.29, 1.82) is 0 Å². The number of aromatic nitrogens is 2. The number of para-hydroxylation sites is 1. The van der Waals surface area contributed by atoms with Gasteiger partial charge in [0.05, 0.1) is 37.6 Å². The van der Waals surface area contributed by atoms with E-state index in [2.05, 4.69) is 46.7 Å². The molecule has 2 aromatic carbocycles. The van der Waals surface area contributed by atoms with Crippen molar-refractivity contribution in [2.45, 2.75) is 96.7 Å². The lowest BCUT2D eigenvalue weighted by Crippen LogP contribution is -2.65. The Kier molecular flexibility index (Phi) is 12.5. The summed E-state index contributed by atoms with van der Waals surface area (Å²) < 4.78 is 35.8. The van der Waals surface area contributed by atoms with Gasteiger partial charge in [0.1, 0.15) is 23.5 Å². The molecule has 15 nitrogen and oxygen atoms in total. The van der Waals surface area contributed by atoms with Crippen LogP contribution in [0.4, 0.5) is 9.93 Å². The van der Waals surface area contributed by atoms with Crippen molar-refractivity contribution >= 4 is 47.5 Å². The maximum absolute atomic E-state index is 14.8. The zero-order chi connectivity index (χ0) is 43.7. The quantitative estimate of drug-likeness (QED) is 0.0900. The maximum Gasteiger partial charge on any atom is 0.482 e. The van der Waals surface area contributed by atoms with Gasteiger partial charge in [0.15, 0.2) is 11.2 Å². The average Bonchev–Trinajstić information content (AvgIpc) is 3.84. The highest BCUT2D eigenvalue weighted by Crippen LogP contribution is 2.65. The van der Waals surface area contributed by atoms with Crippen LogP contribution >= 0.6 is 11.3 Å². The number of rotatable bonds is 14. The lowest BCUT2D eigenvalue weighted by molar-refractivity contribution is -0.199. The smallest absolute Gasteiger partial charge is 0.482 e. The molecule has 4 aromatic rings. The van der Waals surface area contributed by atoms with E-state index in [1.807, 2.05) is 30.3 Å². The summed E-state index contributed by atoms with van der Waals surface area (Å²) in [5.74, 6) is -1.46. The lowest BCUT2D eigenvalue weighted by Gasteiger charge is -2.64. The van der Waals surface area contributed by atoms with Gasteiger partial charge in [-0.15, -0.1) is 11.3 Å². The third kappa shape index (κ3) is 9.38. The number of benzene rings is 2. The molecule has 61 heavy (non-hydrogen) atoms. The Bertz CT molecular complexity index is 2270. The summed E-state index contributed by atoms with van der Waals surface area (Å²) in [6.07, 6.45) is 2.40. The predicted molar refractivity (Wildman–Crippen MR) is 227 cm³/mol. The van der Waals surface area contributed by atoms with E-state index < -0.39 is 54.2 Å². The first kappa shape index (κ1) is 43.6. The normalized spacial score (nSPS) is 22.1. The largest absolute Gasteiger partial charge is 0.496 e. The third-order valence-corrected chi connectivity index (χ3v) is 12.7. The molecule has 3 unspecified atom stereocenters. The Balaban J connectivity index is 1.19. The van der Waals surface area contributed by atoms with Crippen molar-refractivity contribution in [2.24, 2.45) is 17.3 Å². The van der Waals surface area contributed by atoms with Gasteiger partial charge < -0.3 is 38.9 Å². The summed E-state index contributed by atoms with van der Waals surface area (Å²) in [5, 5.41) is 10.3. The second-order valence-corrected chi connectivity index (χ2v) is 18.3. The Morgan fingerprint density at radius 2 is 1.75 bits per heavy atom. The highest BCUT2D eigenvalue weighted by Gasteiger charge is 2.68. The molecule has 3 saturated carbocycles. The summed E-state index contributed by atoms with van der Waals surface area (Å²) in [4.78, 5) is 63.4. The van der Waals surface area contributed by atoms with Crippen molar-refractivity contribution < 1.29 is 47.4 Å². The molecule has 0 spiro atoms. The summed E-state index contributed by atoms with van der Waals surface area (Å²) in [6, 6.07) is 15.9. The molecule has 3 N–H and O–H groups in total. The first-order valence-corrected chi connectivity index (χ1v) is 21.1. The fourth-order valence-corrected chi connectivity index (χ4v) is 9.46. The fraction of sp³-hybridized carbons (Fsp3) is 0.455. The minimum atomic E-state index is -1.37. The molecular formula is C44H52BN5O10S. The van der Waals surface area contributed by atoms with E-state index in [1.54, 1.807) is 44.4 Å². The number of hydrogen-bond donors (Lipinski definition) is 3. The van der Waals surface area contributed by atoms with E-state index in [0.29, 0.717) is 11.5 Å². The predicted octanol–water partition coefficient (Wildman–Crippen LogP) is 6.73. The van der Waals surface area contributed by atoms with Crippen LogP contribution in [0.15, 0.2) is 72.2 Å². The second kappa shape index (κ2) is 17.5. The van der Waals surface area contributed by atoms with Gasteiger partial charge >= 0.3 is 19.2 Å². The molecule has 1 aliphatic heterocycles. The molecule has 8 rings (SSSR count). The molecular weight excluding hydrogens is 801 g/mol.